The molecule has 2 aliphatic rings. The molecule has 0 spiro atoms. The molecule has 2 fully saturated rings. The fourth-order valence-corrected chi connectivity index (χ4v) is 2.68. The molecular formula is C14H17N3. The van der Waals surface area contributed by atoms with Crippen LogP contribution >= 0.6 is 0 Å². The van der Waals surface area contributed by atoms with E-state index >= 15 is 0 Å². The summed E-state index contributed by atoms with van der Waals surface area (Å²) in [5, 5.41) is 5.99. The van der Waals surface area contributed by atoms with Crippen LogP contribution in [0.5, 0.6) is 0 Å². The van der Waals surface area contributed by atoms with E-state index in [9.17, 15) is 0 Å². The lowest BCUT2D eigenvalue weighted by atomic mass is 10.0. The Kier molecular flexibility index (Phi) is 1.65. The Bertz CT molecular complexity index is 603. The molecule has 2 saturated carbocycles. The van der Waals surface area contributed by atoms with E-state index in [1.165, 1.54) is 35.0 Å². The molecule has 0 atom stereocenters. The van der Waals surface area contributed by atoms with Gasteiger partial charge in [-0.3, -0.25) is 4.68 Å². The molecule has 2 aromatic rings. The van der Waals surface area contributed by atoms with Crippen LogP contribution in [-0.2, 0) is 12.6 Å². The molecule has 0 aliphatic heterocycles. The molecule has 0 saturated heterocycles. The molecule has 0 radical (unpaired) electrons. The third-order valence-electron chi connectivity index (χ3n) is 4.21. The normalized spacial score (nSPS) is 22.0. The Morgan fingerprint density at radius 3 is 2.76 bits per heavy atom. The lowest BCUT2D eigenvalue weighted by Crippen LogP contribution is -2.18. The van der Waals surface area contributed by atoms with Crippen LogP contribution < -0.4 is 5.73 Å². The summed E-state index contributed by atoms with van der Waals surface area (Å²) in [5.74, 6) is 0.696. The summed E-state index contributed by atoms with van der Waals surface area (Å²) in [6.07, 6.45) is 4.84. The minimum Gasteiger partial charge on any atom is -0.321 e. The van der Waals surface area contributed by atoms with Crippen LogP contribution in [0.15, 0.2) is 18.2 Å². The Morgan fingerprint density at radius 1 is 1.35 bits per heavy atom. The second-order valence-corrected chi connectivity index (χ2v) is 5.67. The molecule has 0 bridgehead atoms. The Hall–Kier alpha value is -1.35. The fraction of sp³-hybridized carbons (Fsp3) is 0.500. The predicted octanol–water partition coefficient (Wildman–Crippen LogP) is 2.40. The van der Waals surface area contributed by atoms with Gasteiger partial charge in [-0.1, -0.05) is 6.07 Å². The first kappa shape index (κ1) is 9.66. The van der Waals surface area contributed by atoms with E-state index in [1.807, 2.05) is 11.7 Å². The minimum atomic E-state index is -0.0369. The number of hydrogen-bond donors (Lipinski definition) is 1. The monoisotopic (exact) mass is 227 g/mol. The third kappa shape index (κ3) is 1.35. The second kappa shape index (κ2) is 2.91. The highest BCUT2D eigenvalue weighted by Gasteiger charge is 2.40. The number of aryl methyl sites for hydroxylation is 1. The van der Waals surface area contributed by atoms with Crippen LogP contribution in [0.1, 0.15) is 42.9 Å². The average Bonchev–Trinajstić information content (AvgIpc) is 3.23. The molecule has 1 heterocycles. The molecule has 4 rings (SSSR count). The molecule has 2 aliphatic carbocycles. The summed E-state index contributed by atoms with van der Waals surface area (Å²) in [6.45, 7) is 0. The standard InChI is InChI=1S/C14H17N3/c1-17-12-5-4-10(14(15)6-7-14)8-11(12)13(16-17)9-2-3-9/h4-5,8-9H,2-3,6-7,15H2,1H3. The van der Waals surface area contributed by atoms with Gasteiger partial charge in [-0.15, -0.1) is 0 Å². The van der Waals surface area contributed by atoms with E-state index < -0.39 is 0 Å². The van der Waals surface area contributed by atoms with Gasteiger partial charge >= 0.3 is 0 Å². The SMILES string of the molecule is Cn1nc(C2CC2)c2cc(C3(N)CC3)ccc21. The summed E-state index contributed by atoms with van der Waals surface area (Å²) in [7, 11) is 2.03. The van der Waals surface area contributed by atoms with Gasteiger partial charge < -0.3 is 5.73 Å². The van der Waals surface area contributed by atoms with Gasteiger partial charge in [0.1, 0.15) is 0 Å². The smallest absolute Gasteiger partial charge is 0.0734 e. The van der Waals surface area contributed by atoms with Crippen molar-refractivity contribution in [3.63, 3.8) is 0 Å². The van der Waals surface area contributed by atoms with Crippen LogP contribution in [0.2, 0.25) is 0 Å². The number of benzene rings is 1. The van der Waals surface area contributed by atoms with Crippen molar-refractivity contribution in [2.24, 2.45) is 12.8 Å². The second-order valence-electron chi connectivity index (χ2n) is 5.67. The van der Waals surface area contributed by atoms with Crippen molar-refractivity contribution in [1.29, 1.82) is 0 Å². The summed E-state index contributed by atoms with van der Waals surface area (Å²) < 4.78 is 2.00. The lowest BCUT2D eigenvalue weighted by molar-refractivity contribution is 0.741. The molecule has 0 unspecified atom stereocenters. The first-order valence-electron chi connectivity index (χ1n) is 6.43. The van der Waals surface area contributed by atoms with E-state index in [0.717, 1.165) is 12.8 Å². The maximum Gasteiger partial charge on any atom is 0.0734 e. The molecule has 3 nitrogen and oxygen atoms in total. The minimum absolute atomic E-state index is 0.0369. The number of nitrogens with zero attached hydrogens (tertiary/aromatic N) is 2. The highest BCUT2D eigenvalue weighted by atomic mass is 15.3. The Balaban J connectivity index is 1.94. The van der Waals surface area contributed by atoms with Crippen molar-refractivity contribution in [2.75, 3.05) is 0 Å². The van der Waals surface area contributed by atoms with Gasteiger partial charge in [0.15, 0.2) is 0 Å². The van der Waals surface area contributed by atoms with E-state index in [0.29, 0.717) is 5.92 Å². The first-order valence-corrected chi connectivity index (χ1v) is 6.43. The Labute approximate surface area is 101 Å². The molecule has 1 aromatic carbocycles. The summed E-state index contributed by atoms with van der Waals surface area (Å²) in [6, 6.07) is 6.63. The van der Waals surface area contributed by atoms with E-state index in [2.05, 4.69) is 23.3 Å². The number of nitrogens with two attached hydrogens (primary N) is 1. The van der Waals surface area contributed by atoms with Crippen LogP contribution in [-0.4, -0.2) is 9.78 Å². The van der Waals surface area contributed by atoms with Gasteiger partial charge in [0.25, 0.3) is 0 Å². The number of aromatic nitrogens is 2. The van der Waals surface area contributed by atoms with Crippen molar-refractivity contribution in [3.05, 3.63) is 29.5 Å². The first-order chi connectivity index (χ1) is 8.17. The van der Waals surface area contributed by atoms with Crippen molar-refractivity contribution in [1.82, 2.24) is 9.78 Å². The van der Waals surface area contributed by atoms with Gasteiger partial charge in [0.2, 0.25) is 0 Å². The summed E-state index contributed by atoms with van der Waals surface area (Å²) >= 11 is 0. The largest absolute Gasteiger partial charge is 0.321 e. The molecule has 2 N–H and O–H groups in total. The number of rotatable bonds is 2. The van der Waals surface area contributed by atoms with Gasteiger partial charge in [0.05, 0.1) is 11.2 Å². The van der Waals surface area contributed by atoms with Gasteiger partial charge in [-0.25, -0.2) is 0 Å². The van der Waals surface area contributed by atoms with Crippen LogP contribution in [0.3, 0.4) is 0 Å². The van der Waals surface area contributed by atoms with Gasteiger partial charge in [-0.2, -0.15) is 5.10 Å². The zero-order valence-electron chi connectivity index (χ0n) is 10.1. The quantitative estimate of drug-likeness (QED) is 0.856. The zero-order chi connectivity index (χ0) is 11.6. The summed E-state index contributed by atoms with van der Waals surface area (Å²) in [5.41, 5.74) is 10.1. The molecule has 0 amide bonds. The average molecular weight is 227 g/mol. The van der Waals surface area contributed by atoms with Crippen molar-refractivity contribution in [3.8, 4) is 0 Å². The predicted molar refractivity (Wildman–Crippen MR) is 67.8 cm³/mol. The van der Waals surface area contributed by atoms with Crippen molar-refractivity contribution < 1.29 is 0 Å². The maximum absolute atomic E-state index is 6.28. The molecule has 17 heavy (non-hydrogen) atoms. The topological polar surface area (TPSA) is 43.8 Å². The summed E-state index contributed by atoms with van der Waals surface area (Å²) in [4.78, 5) is 0. The highest BCUT2D eigenvalue weighted by Crippen LogP contribution is 2.46. The van der Waals surface area contributed by atoms with Crippen LogP contribution in [0.25, 0.3) is 10.9 Å². The zero-order valence-corrected chi connectivity index (χ0v) is 10.1. The Morgan fingerprint density at radius 2 is 2.12 bits per heavy atom. The van der Waals surface area contributed by atoms with Crippen LogP contribution in [0, 0.1) is 0 Å². The molecule has 1 aromatic heterocycles. The number of fused-ring (bicyclic) bond motifs is 1. The third-order valence-corrected chi connectivity index (χ3v) is 4.21. The van der Waals surface area contributed by atoms with Crippen LogP contribution in [0.4, 0.5) is 0 Å². The number of hydrogen-bond acceptors (Lipinski definition) is 2. The van der Waals surface area contributed by atoms with Crippen molar-refractivity contribution >= 4 is 10.9 Å². The van der Waals surface area contributed by atoms with E-state index in [1.54, 1.807) is 0 Å². The maximum atomic E-state index is 6.28. The van der Waals surface area contributed by atoms with E-state index in [-0.39, 0.29) is 5.54 Å². The molecule has 3 heteroatoms. The highest BCUT2D eigenvalue weighted by molar-refractivity contribution is 5.84. The van der Waals surface area contributed by atoms with E-state index in [4.69, 9.17) is 5.73 Å². The van der Waals surface area contributed by atoms with Gasteiger partial charge in [0, 0.05) is 23.9 Å². The lowest BCUT2D eigenvalue weighted by Gasteiger charge is -2.09. The fourth-order valence-electron chi connectivity index (χ4n) is 2.68. The molecule has 88 valence electrons. The van der Waals surface area contributed by atoms with Crippen molar-refractivity contribution in [2.45, 2.75) is 37.1 Å². The molecular weight excluding hydrogens is 210 g/mol. The van der Waals surface area contributed by atoms with Gasteiger partial charge in [-0.05, 0) is 43.4 Å².